The predicted octanol–water partition coefficient (Wildman–Crippen LogP) is 3.08. The van der Waals surface area contributed by atoms with Gasteiger partial charge in [-0.25, -0.2) is 0 Å². The highest BCUT2D eigenvalue weighted by Crippen LogP contribution is 2.26. The van der Waals surface area contributed by atoms with E-state index in [1.807, 2.05) is 18.2 Å². The van der Waals surface area contributed by atoms with Crippen molar-refractivity contribution in [3.05, 3.63) is 64.7 Å². The summed E-state index contributed by atoms with van der Waals surface area (Å²) in [4.78, 5) is 2.39. The van der Waals surface area contributed by atoms with Gasteiger partial charge in [-0.15, -0.1) is 0 Å². The fourth-order valence-corrected chi connectivity index (χ4v) is 2.70. The normalized spacial score (nSPS) is 13.8. The molecule has 0 amide bonds. The monoisotopic (exact) mass is 264 g/mol. The molecule has 0 N–H and O–H groups in total. The number of hydrogen-bond donors (Lipinski definition) is 0. The molecule has 1 aliphatic rings. The van der Waals surface area contributed by atoms with E-state index >= 15 is 0 Å². The standard InChI is InChI=1S/C17H16N2O/c1-20-17-8-13(6-7-14(17)9-18)10-19-11-15-4-2-3-5-16(15)12-19/h2-8H,10-12H2,1H3. The third kappa shape index (κ3) is 2.38. The molecular formula is C17H16N2O. The molecule has 0 fully saturated rings. The van der Waals surface area contributed by atoms with Gasteiger partial charge in [0.15, 0.2) is 0 Å². The first-order valence-electron chi connectivity index (χ1n) is 6.66. The molecule has 20 heavy (non-hydrogen) atoms. The minimum Gasteiger partial charge on any atom is -0.495 e. The summed E-state index contributed by atoms with van der Waals surface area (Å²) in [5.74, 6) is 0.654. The molecule has 0 bridgehead atoms. The van der Waals surface area contributed by atoms with E-state index in [1.165, 1.54) is 16.7 Å². The number of rotatable bonds is 3. The van der Waals surface area contributed by atoms with Crippen molar-refractivity contribution in [1.29, 1.82) is 5.26 Å². The third-order valence-electron chi connectivity index (χ3n) is 3.70. The van der Waals surface area contributed by atoms with E-state index in [9.17, 15) is 0 Å². The summed E-state index contributed by atoms with van der Waals surface area (Å²) in [5.41, 5.74) is 4.58. The maximum absolute atomic E-state index is 9.00. The van der Waals surface area contributed by atoms with Gasteiger partial charge in [0.1, 0.15) is 11.8 Å². The maximum Gasteiger partial charge on any atom is 0.136 e. The van der Waals surface area contributed by atoms with Gasteiger partial charge in [-0.05, 0) is 28.8 Å². The zero-order valence-electron chi connectivity index (χ0n) is 11.5. The Labute approximate surface area is 119 Å². The lowest BCUT2D eigenvalue weighted by atomic mass is 10.1. The fraction of sp³-hybridized carbons (Fsp3) is 0.235. The molecule has 3 nitrogen and oxygen atoms in total. The van der Waals surface area contributed by atoms with Crippen LogP contribution in [0.1, 0.15) is 22.3 Å². The second-order valence-corrected chi connectivity index (χ2v) is 5.06. The molecule has 0 saturated carbocycles. The van der Waals surface area contributed by atoms with Crippen LogP contribution in [0.15, 0.2) is 42.5 Å². The van der Waals surface area contributed by atoms with Crippen LogP contribution in [-0.4, -0.2) is 12.0 Å². The van der Waals surface area contributed by atoms with Crippen molar-refractivity contribution >= 4 is 0 Å². The highest BCUT2D eigenvalue weighted by molar-refractivity contribution is 5.45. The Bertz CT molecular complexity index is 648. The molecule has 0 atom stereocenters. The summed E-state index contributed by atoms with van der Waals surface area (Å²) < 4.78 is 5.26. The Morgan fingerprint density at radius 3 is 2.45 bits per heavy atom. The molecule has 0 radical (unpaired) electrons. The van der Waals surface area contributed by atoms with E-state index in [0.717, 1.165) is 19.6 Å². The van der Waals surface area contributed by atoms with Crippen molar-refractivity contribution in [2.24, 2.45) is 0 Å². The molecule has 100 valence electrons. The van der Waals surface area contributed by atoms with Crippen LogP contribution < -0.4 is 4.74 Å². The van der Waals surface area contributed by atoms with E-state index in [1.54, 1.807) is 7.11 Å². The molecular weight excluding hydrogens is 248 g/mol. The van der Waals surface area contributed by atoms with Gasteiger partial charge < -0.3 is 4.74 Å². The summed E-state index contributed by atoms with van der Waals surface area (Å²) in [7, 11) is 1.60. The van der Waals surface area contributed by atoms with Crippen LogP contribution in [0.4, 0.5) is 0 Å². The molecule has 0 aromatic heterocycles. The lowest BCUT2D eigenvalue weighted by Gasteiger charge is -2.15. The Hall–Kier alpha value is -2.31. The van der Waals surface area contributed by atoms with E-state index in [2.05, 4.69) is 35.2 Å². The first kappa shape index (κ1) is 12.7. The van der Waals surface area contributed by atoms with Gasteiger partial charge in [0.25, 0.3) is 0 Å². The average molecular weight is 264 g/mol. The molecule has 2 aromatic carbocycles. The lowest BCUT2D eigenvalue weighted by Crippen LogP contribution is -2.15. The van der Waals surface area contributed by atoms with Crippen molar-refractivity contribution in [1.82, 2.24) is 4.90 Å². The number of nitrogens with zero attached hydrogens (tertiary/aromatic N) is 2. The van der Waals surface area contributed by atoms with E-state index < -0.39 is 0 Å². The highest BCUT2D eigenvalue weighted by Gasteiger charge is 2.18. The molecule has 3 heteroatoms. The van der Waals surface area contributed by atoms with Gasteiger partial charge in [-0.3, -0.25) is 4.90 Å². The maximum atomic E-state index is 9.00. The van der Waals surface area contributed by atoms with Gasteiger partial charge >= 0.3 is 0 Å². The van der Waals surface area contributed by atoms with Crippen LogP contribution in [0.5, 0.6) is 5.75 Å². The number of fused-ring (bicyclic) bond motifs is 1. The van der Waals surface area contributed by atoms with Crippen LogP contribution >= 0.6 is 0 Å². The molecule has 3 rings (SSSR count). The second kappa shape index (κ2) is 5.36. The molecule has 0 aliphatic carbocycles. The summed E-state index contributed by atoms with van der Waals surface area (Å²) in [6.07, 6.45) is 0. The van der Waals surface area contributed by atoms with Crippen molar-refractivity contribution in [3.63, 3.8) is 0 Å². The van der Waals surface area contributed by atoms with Crippen molar-refractivity contribution < 1.29 is 4.74 Å². The highest BCUT2D eigenvalue weighted by atomic mass is 16.5. The van der Waals surface area contributed by atoms with E-state index in [4.69, 9.17) is 10.00 Å². The lowest BCUT2D eigenvalue weighted by molar-refractivity contribution is 0.275. The zero-order valence-corrected chi connectivity index (χ0v) is 11.5. The SMILES string of the molecule is COc1cc(CN2Cc3ccccc3C2)ccc1C#N. The van der Waals surface area contributed by atoms with E-state index in [-0.39, 0.29) is 0 Å². The number of benzene rings is 2. The van der Waals surface area contributed by atoms with Gasteiger partial charge in [0.05, 0.1) is 12.7 Å². The van der Waals surface area contributed by atoms with E-state index in [0.29, 0.717) is 11.3 Å². The first-order valence-corrected chi connectivity index (χ1v) is 6.66. The summed E-state index contributed by atoms with van der Waals surface area (Å²) in [5, 5.41) is 9.00. The second-order valence-electron chi connectivity index (χ2n) is 5.06. The van der Waals surface area contributed by atoms with Crippen molar-refractivity contribution in [2.45, 2.75) is 19.6 Å². The van der Waals surface area contributed by atoms with Crippen LogP contribution in [0.2, 0.25) is 0 Å². The summed E-state index contributed by atoms with van der Waals surface area (Å²) in [6.45, 7) is 2.84. The molecule has 1 heterocycles. The van der Waals surface area contributed by atoms with Crippen LogP contribution in [0, 0.1) is 11.3 Å². The first-order chi connectivity index (χ1) is 9.80. The molecule has 0 spiro atoms. The van der Waals surface area contributed by atoms with Gasteiger partial charge in [0.2, 0.25) is 0 Å². The van der Waals surface area contributed by atoms with Gasteiger partial charge in [-0.1, -0.05) is 30.3 Å². The number of hydrogen-bond acceptors (Lipinski definition) is 3. The van der Waals surface area contributed by atoms with Crippen molar-refractivity contribution in [2.75, 3.05) is 7.11 Å². The Morgan fingerprint density at radius 2 is 1.85 bits per heavy atom. The van der Waals surface area contributed by atoms with Crippen LogP contribution in [0.25, 0.3) is 0 Å². The number of methoxy groups -OCH3 is 1. The Morgan fingerprint density at radius 1 is 1.15 bits per heavy atom. The fourth-order valence-electron chi connectivity index (χ4n) is 2.70. The minimum atomic E-state index is 0.584. The van der Waals surface area contributed by atoms with Gasteiger partial charge in [-0.2, -0.15) is 5.26 Å². The van der Waals surface area contributed by atoms with Crippen LogP contribution in [0.3, 0.4) is 0 Å². The predicted molar refractivity (Wildman–Crippen MR) is 77.1 cm³/mol. The van der Waals surface area contributed by atoms with Crippen LogP contribution in [-0.2, 0) is 19.6 Å². The Balaban J connectivity index is 1.76. The molecule has 1 aliphatic heterocycles. The summed E-state index contributed by atoms with van der Waals surface area (Å²) in [6, 6.07) is 16.5. The van der Waals surface area contributed by atoms with Crippen molar-refractivity contribution in [3.8, 4) is 11.8 Å². The molecule has 2 aromatic rings. The Kier molecular flexibility index (Phi) is 3.41. The van der Waals surface area contributed by atoms with Gasteiger partial charge in [0, 0.05) is 19.6 Å². The molecule has 0 saturated heterocycles. The average Bonchev–Trinajstić information content (AvgIpc) is 2.89. The minimum absolute atomic E-state index is 0.584. The number of ether oxygens (including phenoxy) is 1. The number of nitriles is 1. The zero-order chi connectivity index (χ0) is 13.9. The molecule has 0 unspecified atom stereocenters. The largest absolute Gasteiger partial charge is 0.495 e. The summed E-state index contributed by atoms with van der Waals surface area (Å²) >= 11 is 0. The smallest absolute Gasteiger partial charge is 0.136 e. The quantitative estimate of drug-likeness (QED) is 0.854. The third-order valence-corrected chi connectivity index (χ3v) is 3.70. The topological polar surface area (TPSA) is 36.3 Å².